The summed E-state index contributed by atoms with van der Waals surface area (Å²) in [7, 11) is 0. The number of alkyl halides is 3. The van der Waals surface area contributed by atoms with Crippen LogP contribution >= 0.6 is 11.9 Å². The summed E-state index contributed by atoms with van der Waals surface area (Å²) in [5, 5.41) is 0. The molecule has 0 fully saturated rings. The van der Waals surface area contributed by atoms with E-state index in [1.54, 1.807) is 18.5 Å². The Morgan fingerprint density at radius 3 is 2.44 bits per heavy atom. The van der Waals surface area contributed by atoms with Gasteiger partial charge in [-0.25, -0.2) is 14.3 Å². The maximum absolute atomic E-state index is 12.8. The van der Waals surface area contributed by atoms with Crippen LogP contribution in [0.3, 0.4) is 0 Å². The minimum atomic E-state index is -4.35. The summed E-state index contributed by atoms with van der Waals surface area (Å²) < 4.78 is 46.2. The van der Waals surface area contributed by atoms with Crippen molar-refractivity contribution >= 4 is 11.9 Å². The van der Waals surface area contributed by atoms with Crippen LogP contribution < -0.4 is 4.74 Å². The number of benzene rings is 2. The first-order chi connectivity index (χ1) is 13.0. The van der Waals surface area contributed by atoms with Gasteiger partial charge >= 0.3 is 6.18 Å². The van der Waals surface area contributed by atoms with Gasteiger partial charge in [0.05, 0.1) is 17.0 Å². The summed E-state index contributed by atoms with van der Waals surface area (Å²) in [6.45, 7) is 0.860. The number of hydrogen-bond acceptors (Lipinski definition) is 5. The normalized spacial score (nSPS) is 14.5. The van der Waals surface area contributed by atoms with Gasteiger partial charge in [0.1, 0.15) is 11.6 Å². The van der Waals surface area contributed by atoms with Crippen LogP contribution in [0, 0.1) is 0 Å². The Morgan fingerprint density at radius 1 is 1.00 bits per heavy atom. The average molecular weight is 389 g/mol. The highest BCUT2D eigenvalue weighted by Gasteiger charge is 2.30. The Bertz CT molecular complexity index is 933. The zero-order valence-corrected chi connectivity index (χ0v) is 14.8. The molecule has 0 atom stereocenters. The van der Waals surface area contributed by atoms with Gasteiger partial charge in [-0.2, -0.15) is 13.2 Å². The molecule has 1 aliphatic rings. The Kier molecular flexibility index (Phi) is 4.75. The molecular weight excluding hydrogens is 375 g/mol. The highest BCUT2D eigenvalue weighted by Crippen LogP contribution is 2.43. The topological polar surface area (TPSA) is 38.2 Å². The molecule has 138 valence electrons. The number of ether oxygens (including phenoxy) is 1. The van der Waals surface area contributed by atoms with Crippen molar-refractivity contribution in [3.05, 3.63) is 72.3 Å². The lowest BCUT2D eigenvalue weighted by Gasteiger charge is -2.28. The van der Waals surface area contributed by atoms with Gasteiger partial charge in [-0.15, -0.1) is 0 Å². The molecule has 4 nitrogen and oxygen atoms in total. The minimum absolute atomic E-state index is 0.367. The van der Waals surface area contributed by atoms with Crippen molar-refractivity contribution in [2.45, 2.75) is 17.6 Å². The van der Waals surface area contributed by atoms with E-state index in [2.05, 4.69) is 9.97 Å². The summed E-state index contributed by atoms with van der Waals surface area (Å²) in [5.41, 5.74) is 0.862. The maximum atomic E-state index is 12.8. The number of rotatable bonds is 3. The molecule has 0 N–H and O–H groups in total. The van der Waals surface area contributed by atoms with E-state index in [4.69, 9.17) is 4.74 Å². The molecular formula is C19H14F3N3OS. The fourth-order valence-corrected chi connectivity index (χ4v) is 3.78. The van der Waals surface area contributed by atoms with Crippen LogP contribution in [0.1, 0.15) is 11.4 Å². The summed E-state index contributed by atoms with van der Waals surface area (Å²) >= 11 is 1.49. The SMILES string of the molecule is FC(F)(F)c1ccc(-c2cccc3c2SN(Cc2ncccn2)CO3)cc1. The van der Waals surface area contributed by atoms with Gasteiger partial charge in [-0.1, -0.05) is 24.3 Å². The highest BCUT2D eigenvalue weighted by molar-refractivity contribution is 7.97. The van der Waals surface area contributed by atoms with E-state index in [9.17, 15) is 13.2 Å². The second kappa shape index (κ2) is 7.21. The molecule has 0 saturated carbocycles. The van der Waals surface area contributed by atoms with E-state index in [1.807, 2.05) is 22.5 Å². The molecule has 0 saturated heterocycles. The van der Waals surface area contributed by atoms with E-state index in [0.717, 1.165) is 22.6 Å². The van der Waals surface area contributed by atoms with E-state index in [0.29, 0.717) is 30.4 Å². The van der Waals surface area contributed by atoms with Crippen molar-refractivity contribution in [3.8, 4) is 16.9 Å². The van der Waals surface area contributed by atoms with Gasteiger partial charge in [0.25, 0.3) is 0 Å². The molecule has 0 spiro atoms. The highest BCUT2D eigenvalue weighted by atomic mass is 32.2. The van der Waals surface area contributed by atoms with Gasteiger partial charge in [0.2, 0.25) is 0 Å². The Morgan fingerprint density at radius 2 is 1.74 bits per heavy atom. The zero-order valence-electron chi connectivity index (χ0n) is 14.0. The Balaban J connectivity index is 1.61. The van der Waals surface area contributed by atoms with Crippen molar-refractivity contribution in [2.75, 3.05) is 6.73 Å². The van der Waals surface area contributed by atoms with Crippen molar-refractivity contribution in [1.29, 1.82) is 0 Å². The molecule has 0 aliphatic carbocycles. The zero-order chi connectivity index (χ0) is 18.9. The van der Waals surface area contributed by atoms with Crippen molar-refractivity contribution in [1.82, 2.24) is 14.3 Å². The fraction of sp³-hybridized carbons (Fsp3) is 0.158. The van der Waals surface area contributed by atoms with Crippen LogP contribution in [0.4, 0.5) is 13.2 Å². The van der Waals surface area contributed by atoms with E-state index in [-0.39, 0.29) is 0 Å². The van der Waals surface area contributed by atoms with E-state index >= 15 is 0 Å². The summed E-state index contributed by atoms with van der Waals surface area (Å²) in [4.78, 5) is 9.29. The largest absolute Gasteiger partial charge is 0.476 e. The van der Waals surface area contributed by atoms with Crippen LogP contribution in [0.5, 0.6) is 5.75 Å². The quantitative estimate of drug-likeness (QED) is 0.588. The van der Waals surface area contributed by atoms with E-state index < -0.39 is 11.7 Å². The molecule has 0 bridgehead atoms. The third-order valence-corrected chi connectivity index (χ3v) is 5.12. The van der Waals surface area contributed by atoms with Gasteiger partial charge in [-0.3, -0.25) is 0 Å². The Hall–Kier alpha value is -2.58. The van der Waals surface area contributed by atoms with Crippen LogP contribution in [0.15, 0.2) is 65.8 Å². The number of halogens is 3. The monoisotopic (exact) mass is 389 g/mol. The molecule has 27 heavy (non-hydrogen) atoms. The predicted molar refractivity (Wildman–Crippen MR) is 95.8 cm³/mol. The minimum Gasteiger partial charge on any atom is -0.476 e. The lowest BCUT2D eigenvalue weighted by atomic mass is 10.0. The number of fused-ring (bicyclic) bond motifs is 1. The standard InChI is InChI=1S/C19H14F3N3OS/c20-19(21,22)14-7-5-13(6-8-14)15-3-1-4-16-18(15)27-25(12-26-16)11-17-23-9-2-10-24-17/h1-10H,11-12H2. The number of aromatic nitrogens is 2. The van der Waals surface area contributed by atoms with Crippen molar-refractivity contribution in [3.63, 3.8) is 0 Å². The molecule has 1 aliphatic heterocycles. The lowest BCUT2D eigenvalue weighted by molar-refractivity contribution is -0.137. The summed E-state index contributed by atoms with van der Waals surface area (Å²) in [6.07, 6.45) is -0.988. The molecule has 0 amide bonds. The Labute approximate surface area is 158 Å². The maximum Gasteiger partial charge on any atom is 0.416 e. The van der Waals surface area contributed by atoms with Crippen LogP contribution in [-0.2, 0) is 12.7 Å². The molecule has 1 aromatic heterocycles. The van der Waals surface area contributed by atoms with E-state index in [1.165, 1.54) is 24.1 Å². The van der Waals surface area contributed by atoms with Gasteiger partial charge in [0, 0.05) is 18.0 Å². The van der Waals surface area contributed by atoms with Gasteiger partial charge in [-0.05, 0) is 41.8 Å². The van der Waals surface area contributed by atoms with Crippen molar-refractivity contribution in [2.24, 2.45) is 0 Å². The molecule has 8 heteroatoms. The fourth-order valence-electron chi connectivity index (χ4n) is 2.73. The lowest BCUT2D eigenvalue weighted by Crippen LogP contribution is -2.25. The van der Waals surface area contributed by atoms with Crippen LogP contribution in [0.25, 0.3) is 11.1 Å². The molecule has 0 radical (unpaired) electrons. The first-order valence-corrected chi connectivity index (χ1v) is 8.90. The predicted octanol–water partition coefficient (Wildman–Crippen LogP) is 5.02. The first-order valence-electron chi connectivity index (χ1n) is 8.13. The summed E-state index contributed by atoms with van der Waals surface area (Å²) in [5.74, 6) is 1.38. The second-order valence-corrected chi connectivity index (χ2v) is 6.98. The number of nitrogens with zero attached hydrogens (tertiary/aromatic N) is 3. The third-order valence-electron chi connectivity index (χ3n) is 4.02. The van der Waals surface area contributed by atoms with Gasteiger partial charge in [0.15, 0.2) is 6.73 Å². The summed E-state index contributed by atoms with van der Waals surface area (Å²) in [6, 6.07) is 12.5. The number of hydrogen-bond donors (Lipinski definition) is 0. The molecule has 4 rings (SSSR count). The molecule has 0 unspecified atom stereocenters. The second-order valence-electron chi connectivity index (χ2n) is 5.88. The average Bonchev–Trinajstić information content (AvgIpc) is 2.68. The molecule has 2 heterocycles. The van der Waals surface area contributed by atoms with Crippen LogP contribution in [0.2, 0.25) is 0 Å². The third kappa shape index (κ3) is 3.91. The smallest absolute Gasteiger partial charge is 0.416 e. The molecule has 2 aromatic carbocycles. The molecule has 3 aromatic rings. The van der Waals surface area contributed by atoms with Crippen LogP contribution in [-0.4, -0.2) is 21.0 Å². The van der Waals surface area contributed by atoms with Gasteiger partial charge < -0.3 is 4.74 Å². The van der Waals surface area contributed by atoms with Crippen molar-refractivity contribution < 1.29 is 17.9 Å². The first kappa shape index (κ1) is 17.8.